The van der Waals surface area contributed by atoms with Gasteiger partial charge < -0.3 is 10.4 Å². The summed E-state index contributed by atoms with van der Waals surface area (Å²) in [6.07, 6.45) is 5.21. The maximum atomic E-state index is 11.8. The van der Waals surface area contributed by atoms with E-state index in [1.54, 1.807) is 0 Å². The van der Waals surface area contributed by atoms with Crippen molar-refractivity contribution in [1.29, 1.82) is 0 Å². The number of rotatable bonds is 7. The summed E-state index contributed by atoms with van der Waals surface area (Å²) in [7, 11) is -0.821. The van der Waals surface area contributed by atoms with Crippen molar-refractivity contribution in [2.45, 2.75) is 50.4 Å². The van der Waals surface area contributed by atoms with E-state index in [-0.39, 0.29) is 0 Å². The summed E-state index contributed by atoms with van der Waals surface area (Å²) in [5, 5.41) is 13.1. The highest BCUT2D eigenvalue weighted by atomic mass is 32.2. The number of nitrogens with one attached hydrogen (secondary N) is 1. The molecule has 0 radical (unpaired) electrons. The Morgan fingerprint density at radius 3 is 2.73 bits per heavy atom. The molecule has 1 saturated carbocycles. The van der Waals surface area contributed by atoms with Gasteiger partial charge in [0.15, 0.2) is 0 Å². The van der Waals surface area contributed by atoms with E-state index in [2.05, 4.69) is 12.2 Å². The molecule has 0 aromatic carbocycles. The minimum absolute atomic E-state index is 0.353. The van der Waals surface area contributed by atoms with E-state index in [1.807, 2.05) is 0 Å². The Morgan fingerprint density at radius 2 is 2.13 bits per heavy atom. The van der Waals surface area contributed by atoms with Crippen molar-refractivity contribution in [2.24, 2.45) is 0 Å². The van der Waals surface area contributed by atoms with Crippen LogP contribution in [0.1, 0.15) is 39.0 Å². The van der Waals surface area contributed by atoms with Crippen LogP contribution in [0.2, 0.25) is 0 Å². The molecule has 4 heteroatoms. The first kappa shape index (κ1) is 13.1. The highest BCUT2D eigenvalue weighted by molar-refractivity contribution is 7.85. The zero-order valence-corrected chi connectivity index (χ0v) is 10.4. The third kappa shape index (κ3) is 5.09. The highest BCUT2D eigenvalue weighted by Crippen LogP contribution is 2.23. The average Bonchev–Trinajstić information content (AvgIpc) is 2.70. The molecule has 3 nitrogen and oxygen atoms in total. The molecule has 0 aliphatic heterocycles. The lowest BCUT2D eigenvalue weighted by Gasteiger charge is -2.14. The number of hydrogen-bond acceptors (Lipinski definition) is 3. The lowest BCUT2D eigenvalue weighted by Crippen LogP contribution is -2.33. The van der Waals surface area contributed by atoms with Gasteiger partial charge in [0.05, 0.1) is 11.9 Å². The maximum Gasteiger partial charge on any atom is 0.0779 e. The minimum atomic E-state index is -0.821. The first-order valence-electron chi connectivity index (χ1n) is 6.00. The summed E-state index contributed by atoms with van der Waals surface area (Å²) in [5.41, 5.74) is 0. The molecule has 1 aliphatic carbocycles. The summed E-state index contributed by atoms with van der Waals surface area (Å²) in [4.78, 5) is 0. The smallest absolute Gasteiger partial charge is 0.0779 e. The summed E-state index contributed by atoms with van der Waals surface area (Å²) >= 11 is 0. The Hall–Kier alpha value is 0.0700. The molecule has 0 saturated heterocycles. The van der Waals surface area contributed by atoms with E-state index in [9.17, 15) is 9.32 Å². The summed E-state index contributed by atoms with van der Waals surface area (Å²) in [5.74, 6) is 0.446. The molecule has 2 N–H and O–H groups in total. The van der Waals surface area contributed by atoms with Gasteiger partial charge in [0.1, 0.15) is 0 Å². The van der Waals surface area contributed by atoms with Gasteiger partial charge in [-0.3, -0.25) is 4.21 Å². The minimum Gasteiger partial charge on any atom is -0.391 e. The van der Waals surface area contributed by atoms with Crippen LogP contribution in [0.3, 0.4) is 0 Å². The second-order valence-electron chi connectivity index (χ2n) is 4.31. The molecule has 1 aliphatic rings. The van der Waals surface area contributed by atoms with E-state index in [0.717, 1.165) is 25.8 Å². The van der Waals surface area contributed by atoms with Crippen LogP contribution in [0.25, 0.3) is 0 Å². The summed E-state index contributed by atoms with van der Waals surface area (Å²) < 4.78 is 11.8. The quantitative estimate of drug-likeness (QED) is 0.646. The third-order valence-corrected chi connectivity index (χ3v) is 4.77. The second kappa shape index (κ2) is 7.36. The molecule has 1 fully saturated rings. The molecular weight excluding hydrogens is 210 g/mol. The predicted molar refractivity (Wildman–Crippen MR) is 64.4 cm³/mol. The fraction of sp³-hybridized carbons (Fsp3) is 1.00. The van der Waals surface area contributed by atoms with Crippen LogP contribution in [0, 0.1) is 0 Å². The fourth-order valence-corrected chi connectivity index (χ4v) is 3.61. The van der Waals surface area contributed by atoms with Gasteiger partial charge in [-0.25, -0.2) is 0 Å². The molecule has 2 atom stereocenters. The first-order chi connectivity index (χ1) is 7.24. The lowest BCUT2D eigenvalue weighted by atomic mass is 10.4. The Balaban J connectivity index is 2.13. The van der Waals surface area contributed by atoms with Crippen molar-refractivity contribution >= 4 is 10.8 Å². The van der Waals surface area contributed by atoms with Gasteiger partial charge >= 0.3 is 0 Å². The van der Waals surface area contributed by atoms with E-state index >= 15 is 0 Å². The third-order valence-electron chi connectivity index (χ3n) is 2.84. The normalized spacial score (nSPS) is 21.7. The Morgan fingerprint density at radius 1 is 1.47 bits per heavy atom. The molecular formula is C11H23NO2S. The van der Waals surface area contributed by atoms with Gasteiger partial charge in [-0.1, -0.05) is 19.8 Å². The van der Waals surface area contributed by atoms with Crippen molar-refractivity contribution in [2.75, 3.05) is 18.8 Å². The molecule has 2 unspecified atom stereocenters. The van der Waals surface area contributed by atoms with Gasteiger partial charge in [0, 0.05) is 22.6 Å². The molecule has 15 heavy (non-hydrogen) atoms. The van der Waals surface area contributed by atoms with Crippen molar-refractivity contribution in [1.82, 2.24) is 5.32 Å². The van der Waals surface area contributed by atoms with Crippen LogP contribution in [0.4, 0.5) is 0 Å². The van der Waals surface area contributed by atoms with Crippen molar-refractivity contribution in [3.63, 3.8) is 0 Å². The van der Waals surface area contributed by atoms with Gasteiger partial charge in [-0.05, 0) is 25.8 Å². The second-order valence-corrected chi connectivity index (χ2v) is 6.07. The van der Waals surface area contributed by atoms with Gasteiger partial charge in [-0.15, -0.1) is 0 Å². The Kier molecular flexibility index (Phi) is 6.45. The summed E-state index contributed by atoms with van der Waals surface area (Å²) in [6, 6.07) is 0. The first-order valence-corrected chi connectivity index (χ1v) is 7.38. The molecule has 0 aromatic rings. The van der Waals surface area contributed by atoms with E-state index in [4.69, 9.17) is 0 Å². The maximum absolute atomic E-state index is 11.8. The lowest BCUT2D eigenvalue weighted by molar-refractivity contribution is 0.195. The standard InChI is InChI=1S/C11H23NO2S/c1-2-7-12-8-10(13)9-15(14)11-5-3-4-6-11/h10-13H,2-9H2,1H3. The zero-order valence-electron chi connectivity index (χ0n) is 9.58. The van der Waals surface area contributed by atoms with Gasteiger partial charge in [0.25, 0.3) is 0 Å². The van der Waals surface area contributed by atoms with Crippen LogP contribution in [-0.2, 0) is 10.8 Å². The Bertz CT molecular complexity index is 193. The van der Waals surface area contributed by atoms with Crippen molar-refractivity contribution in [3.05, 3.63) is 0 Å². The van der Waals surface area contributed by atoms with Crippen LogP contribution in [-0.4, -0.2) is 39.5 Å². The molecule has 0 heterocycles. The monoisotopic (exact) mass is 233 g/mol. The Labute approximate surface area is 95.1 Å². The van der Waals surface area contributed by atoms with E-state index < -0.39 is 16.9 Å². The van der Waals surface area contributed by atoms with Crippen LogP contribution in [0.5, 0.6) is 0 Å². The number of aliphatic hydroxyl groups excluding tert-OH is 1. The number of hydrogen-bond donors (Lipinski definition) is 2. The van der Waals surface area contributed by atoms with Gasteiger partial charge in [0.2, 0.25) is 0 Å². The average molecular weight is 233 g/mol. The molecule has 0 amide bonds. The van der Waals surface area contributed by atoms with Crippen molar-refractivity contribution in [3.8, 4) is 0 Å². The van der Waals surface area contributed by atoms with Gasteiger partial charge in [-0.2, -0.15) is 0 Å². The fourth-order valence-electron chi connectivity index (χ4n) is 1.98. The molecule has 1 rings (SSSR count). The largest absolute Gasteiger partial charge is 0.391 e. The summed E-state index contributed by atoms with van der Waals surface area (Å²) in [6.45, 7) is 3.59. The van der Waals surface area contributed by atoms with E-state index in [1.165, 1.54) is 12.8 Å². The topological polar surface area (TPSA) is 49.3 Å². The van der Waals surface area contributed by atoms with Crippen LogP contribution in [0.15, 0.2) is 0 Å². The predicted octanol–water partition coefficient (Wildman–Crippen LogP) is 1.04. The van der Waals surface area contributed by atoms with Crippen LogP contribution < -0.4 is 5.32 Å². The number of aliphatic hydroxyl groups is 1. The molecule has 0 bridgehead atoms. The SMILES string of the molecule is CCCNCC(O)CS(=O)C1CCCC1. The molecule has 0 spiro atoms. The van der Waals surface area contributed by atoms with Crippen molar-refractivity contribution < 1.29 is 9.32 Å². The highest BCUT2D eigenvalue weighted by Gasteiger charge is 2.22. The molecule has 0 aromatic heterocycles. The van der Waals surface area contributed by atoms with Crippen LogP contribution >= 0.6 is 0 Å². The molecule has 90 valence electrons. The zero-order chi connectivity index (χ0) is 11.1. The van der Waals surface area contributed by atoms with E-state index in [0.29, 0.717) is 17.5 Å².